The van der Waals surface area contributed by atoms with Gasteiger partial charge in [-0.3, -0.25) is 14.5 Å². The molecule has 3 rings (SSSR count). The number of hydrogen-bond acceptors (Lipinski definition) is 5. The van der Waals surface area contributed by atoms with Crippen LogP contribution in [0, 0.1) is 0 Å². The summed E-state index contributed by atoms with van der Waals surface area (Å²) in [6, 6.07) is 12.3. The van der Waals surface area contributed by atoms with Gasteiger partial charge in [-0.2, -0.15) is 8.78 Å². The number of imide groups is 1. The highest BCUT2D eigenvalue weighted by Crippen LogP contribution is 2.22. The van der Waals surface area contributed by atoms with Crippen molar-refractivity contribution in [2.75, 3.05) is 11.1 Å². The van der Waals surface area contributed by atoms with Gasteiger partial charge >= 0.3 is 12.6 Å². The minimum absolute atomic E-state index is 0.00340. The van der Waals surface area contributed by atoms with Crippen molar-refractivity contribution in [3.8, 4) is 5.75 Å². The summed E-state index contributed by atoms with van der Waals surface area (Å²) in [4.78, 5) is 36.5. The van der Waals surface area contributed by atoms with Crippen molar-refractivity contribution in [3.63, 3.8) is 0 Å². The smallest absolute Gasteiger partial charge is 0.387 e. The molecule has 2 N–H and O–H groups in total. The van der Waals surface area contributed by atoms with E-state index in [2.05, 4.69) is 15.4 Å². The number of thioether (sulfide) groups is 1. The standard InChI is InChI=1S/C19H17F2N3O4S/c20-17(21)28-15-4-2-1-3-13(15)9-22-18(26)23-14-7-5-12(6-8-14)10-24-16(25)11-29-19(24)27/h1-8,17H,9-11H2,(H2,22,23,26). The Morgan fingerprint density at radius 2 is 1.86 bits per heavy atom. The second-order valence-corrected chi connectivity index (χ2v) is 6.95. The lowest BCUT2D eigenvalue weighted by molar-refractivity contribution is -0.125. The quantitative estimate of drug-likeness (QED) is 0.710. The first-order chi connectivity index (χ1) is 13.9. The van der Waals surface area contributed by atoms with E-state index in [1.807, 2.05) is 0 Å². The summed E-state index contributed by atoms with van der Waals surface area (Å²) >= 11 is 0.974. The number of ether oxygens (including phenoxy) is 1. The van der Waals surface area contributed by atoms with Crippen molar-refractivity contribution in [2.24, 2.45) is 0 Å². The third kappa shape index (κ3) is 5.67. The number of halogens is 2. The normalized spacial score (nSPS) is 13.7. The summed E-state index contributed by atoms with van der Waals surface area (Å²) < 4.78 is 29.3. The molecule has 0 aliphatic carbocycles. The summed E-state index contributed by atoms with van der Waals surface area (Å²) in [7, 11) is 0. The monoisotopic (exact) mass is 421 g/mol. The van der Waals surface area contributed by atoms with Crippen LogP contribution in [0.1, 0.15) is 11.1 Å². The Hall–Kier alpha value is -3.14. The number of carbonyl (C=O) groups is 3. The largest absolute Gasteiger partial charge is 0.434 e. The molecule has 1 fully saturated rings. The van der Waals surface area contributed by atoms with E-state index in [0.717, 1.165) is 17.3 Å². The first-order valence-electron chi connectivity index (χ1n) is 8.56. The van der Waals surface area contributed by atoms with Crippen LogP contribution in [-0.2, 0) is 17.9 Å². The Morgan fingerprint density at radius 1 is 1.14 bits per heavy atom. The molecule has 1 aliphatic heterocycles. The molecule has 2 aromatic rings. The van der Waals surface area contributed by atoms with Crippen molar-refractivity contribution in [1.29, 1.82) is 0 Å². The van der Waals surface area contributed by atoms with Crippen molar-refractivity contribution in [2.45, 2.75) is 19.7 Å². The number of nitrogens with zero attached hydrogens (tertiary/aromatic N) is 1. The van der Waals surface area contributed by atoms with Crippen molar-refractivity contribution in [3.05, 3.63) is 59.7 Å². The number of para-hydroxylation sites is 1. The molecule has 4 amide bonds. The zero-order valence-corrected chi connectivity index (χ0v) is 15.9. The Balaban J connectivity index is 1.52. The molecular weight excluding hydrogens is 404 g/mol. The lowest BCUT2D eigenvalue weighted by Gasteiger charge is -2.14. The molecule has 152 valence electrons. The van der Waals surface area contributed by atoms with Crippen LogP contribution in [0.15, 0.2) is 48.5 Å². The molecule has 0 saturated carbocycles. The Kier molecular flexibility index (Phi) is 6.65. The fourth-order valence-corrected chi connectivity index (χ4v) is 3.35. The number of alkyl halides is 2. The molecule has 1 aliphatic rings. The molecule has 0 aromatic heterocycles. The number of amides is 4. The Labute approximate surface area is 169 Å². The molecule has 29 heavy (non-hydrogen) atoms. The summed E-state index contributed by atoms with van der Waals surface area (Å²) in [5, 5.41) is 4.92. The molecule has 1 heterocycles. The maximum Gasteiger partial charge on any atom is 0.387 e. The van der Waals surface area contributed by atoms with Gasteiger partial charge in [-0.25, -0.2) is 4.79 Å². The van der Waals surface area contributed by atoms with E-state index in [4.69, 9.17) is 0 Å². The highest BCUT2D eigenvalue weighted by atomic mass is 32.2. The van der Waals surface area contributed by atoms with E-state index in [-0.39, 0.29) is 35.7 Å². The minimum atomic E-state index is -2.95. The molecule has 2 aromatic carbocycles. The number of anilines is 1. The zero-order valence-electron chi connectivity index (χ0n) is 15.1. The second-order valence-electron chi connectivity index (χ2n) is 6.03. The van der Waals surface area contributed by atoms with Crippen LogP contribution < -0.4 is 15.4 Å². The van der Waals surface area contributed by atoms with Gasteiger partial charge in [0.15, 0.2) is 0 Å². The van der Waals surface area contributed by atoms with Gasteiger partial charge in [-0.1, -0.05) is 42.1 Å². The van der Waals surface area contributed by atoms with Gasteiger partial charge in [0.1, 0.15) is 5.75 Å². The van der Waals surface area contributed by atoms with Crippen molar-refractivity contribution in [1.82, 2.24) is 10.2 Å². The van der Waals surface area contributed by atoms with Gasteiger partial charge in [0.2, 0.25) is 5.91 Å². The average molecular weight is 421 g/mol. The van der Waals surface area contributed by atoms with E-state index in [9.17, 15) is 23.2 Å². The predicted molar refractivity (Wildman–Crippen MR) is 104 cm³/mol. The molecule has 0 atom stereocenters. The van der Waals surface area contributed by atoms with Gasteiger partial charge < -0.3 is 15.4 Å². The van der Waals surface area contributed by atoms with Crippen LogP contribution in [0.3, 0.4) is 0 Å². The van der Waals surface area contributed by atoms with Crippen molar-refractivity contribution < 1.29 is 27.9 Å². The van der Waals surface area contributed by atoms with E-state index >= 15 is 0 Å². The number of carbonyl (C=O) groups excluding carboxylic acids is 3. The van der Waals surface area contributed by atoms with Gasteiger partial charge in [0.25, 0.3) is 5.24 Å². The van der Waals surface area contributed by atoms with E-state index in [1.165, 1.54) is 11.0 Å². The molecule has 7 nitrogen and oxygen atoms in total. The van der Waals surface area contributed by atoms with Gasteiger partial charge in [-0.05, 0) is 23.8 Å². The summed E-state index contributed by atoms with van der Waals surface area (Å²) in [6.07, 6.45) is 0. The number of nitrogens with one attached hydrogen (secondary N) is 2. The van der Waals surface area contributed by atoms with E-state index in [0.29, 0.717) is 11.3 Å². The van der Waals surface area contributed by atoms with Crippen LogP contribution in [0.5, 0.6) is 5.75 Å². The van der Waals surface area contributed by atoms with E-state index < -0.39 is 12.6 Å². The van der Waals surface area contributed by atoms with Crippen molar-refractivity contribution >= 4 is 34.6 Å². The molecule has 0 spiro atoms. The second kappa shape index (κ2) is 9.37. The molecule has 0 radical (unpaired) electrons. The van der Waals surface area contributed by atoms with Crippen LogP contribution in [0.25, 0.3) is 0 Å². The van der Waals surface area contributed by atoms with E-state index in [1.54, 1.807) is 42.5 Å². The fourth-order valence-electron chi connectivity index (χ4n) is 2.62. The first-order valence-corrected chi connectivity index (χ1v) is 9.54. The zero-order chi connectivity index (χ0) is 20.8. The summed E-state index contributed by atoms with van der Waals surface area (Å²) in [5.41, 5.74) is 1.66. The minimum Gasteiger partial charge on any atom is -0.434 e. The maximum absolute atomic E-state index is 12.4. The molecular formula is C19H17F2N3O4S. The fraction of sp³-hybridized carbons (Fsp3) is 0.211. The number of urea groups is 1. The number of rotatable bonds is 7. The first kappa shape index (κ1) is 20.6. The SMILES string of the molecule is O=C(NCc1ccccc1OC(F)F)Nc1ccc(CN2C(=O)CSC2=O)cc1. The lowest BCUT2D eigenvalue weighted by Crippen LogP contribution is -2.29. The van der Waals surface area contributed by atoms with Crippen LogP contribution in [-0.4, -0.2) is 34.4 Å². The van der Waals surface area contributed by atoms with Gasteiger partial charge in [0, 0.05) is 17.8 Å². The topological polar surface area (TPSA) is 87.7 Å². The maximum atomic E-state index is 12.4. The predicted octanol–water partition coefficient (Wildman–Crippen LogP) is 3.81. The number of benzene rings is 2. The molecule has 0 bridgehead atoms. The molecule has 10 heteroatoms. The lowest BCUT2D eigenvalue weighted by atomic mass is 10.2. The number of hydrogen-bond donors (Lipinski definition) is 2. The molecule has 1 saturated heterocycles. The third-order valence-electron chi connectivity index (χ3n) is 4.02. The Morgan fingerprint density at radius 3 is 2.52 bits per heavy atom. The highest BCUT2D eigenvalue weighted by Gasteiger charge is 2.29. The highest BCUT2D eigenvalue weighted by molar-refractivity contribution is 8.14. The van der Waals surface area contributed by atoms with Gasteiger partial charge in [0.05, 0.1) is 12.3 Å². The molecule has 0 unspecified atom stereocenters. The van der Waals surface area contributed by atoms with Crippen LogP contribution >= 0.6 is 11.8 Å². The summed E-state index contributed by atoms with van der Waals surface area (Å²) in [6.45, 7) is -2.77. The van der Waals surface area contributed by atoms with Gasteiger partial charge in [-0.15, -0.1) is 0 Å². The average Bonchev–Trinajstić information content (AvgIpc) is 3.00. The van der Waals surface area contributed by atoms with Crippen LogP contribution in [0.2, 0.25) is 0 Å². The summed E-state index contributed by atoms with van der Waals surface area (Å²) in [5.74, 6) is -0.0709. The third-order valence-corrected chi connectivity index (χ3v) is 4.88. The van der Waals surface area contributed by atoms with Crippen LogP contribution in [0.4, 0.5) is 24.1 Å². The Bertz CT molecular complexity index is 893.